The van der Waals surface area contributed by atoms with Gasteiger partial charge in [-0.05, 0) is 38.7 Å². The third-order valence-electron chi connectivity index (χ3n) is 2.59. The quantitative estimate of drug-likeness (QED) is 0.631. The van der Waals surface area contributed by atoms with E-state index in [2.05, 4.69) is 4.98 Å². The molecule has 0 bridgehead atoms. The maximum atomic E-state index is 11.3. The Balaban J connectivity index is 2.59. The summed E-state index contributed by atoms with van der Waals surface area (Å²) >= 11 is 0. The summed E-state index contributed by atoms with van der Waals surface area (Å²) in [6, 6.07) is 0. The molecule has 1 aromatic heterocycles. The van der Waals surface area contributed by atoms with Crippen molar-refractivity contribution in [1.82, 2.24) is 4.98 Å². The summed E-state index contributed by atoms with van der Waals surface area (Å²) in [5.41, 5.74) is 4.56. The molecule has 0 aliphatic heterocycles. The number of aromatic amines is 1. The first-order valence-electron chi connectivity index (χ1n) is 4.41. The minimum absolute atomic E-state index is 0.201. The summed E-state index contributed by atoms with van der Waals surface area (Å²) in [5, 5.41) is 0. The third kappa shape index (κ3) is 0.909. The Hall–Kier alpha value is -1.05. The monoisotopic (exact) mass is 163 g/mol. The van der Waals surface area contributed by atoms with E-state index in [1.165, 1.54) is 17.7 Å². The zero-order chi connectivity index (χ0) is 8.72. The lowest BCUT2D eigenvalue weighted by molar-refractivity contribution is 0.101. The maximum Gasteiger partial charge on any atom is 0.161 e. The van der Waals surface area contributed by atoms with Crippen LogP contribution in [0.5, 0.6) is 0 Å². The van der Waals surface area contributed by atoms with E-state index in [1.54, 1.807) is 6.92 Å². The van der Waals surface area contributed by atoms with E-state index in [0.717, 1.165) is 24.1 Å². The smallest absolute Gasteiger partial charge is 0.161 e. The molecule has 0 fully saturated rings. The summed E-state index contributed by atoms with van der Waals surface area (Å²) < 4.78 is 0. The van der Waals surface area contributed by atoms with Gasteiger partial charge in [0.1, 0.15) is 0 Å². The van der Waals surface area contributed by atoms with Crippen molar-refractivity contribution in [2.24, 2.45) is 0 Å². The van der Waals surface area contributed by atoms with Crippen molar-refractivity contribution < 1.29 is 4.79 Å². The van der Waals surface area contributed by atoms with Gasteiger partial charge < -0.3 is 4.98 Å². The summed E-state index contributed by atoms with van der Waals surface area (Å²) in [6.45, 7) is 3.63. The first kappa shape index (κ1) is 7.59. The van der Waals surface area contributed by atoms with Crippen LogP contribution >= 0.6 is 0 Å². The second-order valence-electron chi connectivity index (χ2n) is 3.49. The standard InChI is InChI=1S/C10H13NO/c1-6-10(7(2)12)8-4-3-5-9(8)11-6/h11H,3-5H2,1-2H3. The molecule has 1 heterocycles. The minimum atomic E-state index is 0.201. The number of rotatable bonds is 1. The van der Waals surface area contributed by atoms with Gasteiger partial charge in [-0.15, -0.1) is 0 Å². The second kappa shape index (κ2) is 2.47. The maximum absolute atomic E-state index is 11.3. The largest absolute Gasteiger partial charge is 0.362 e. The topological polar surface area (TPSA) is 32.9 Å². The van der Waals surface area contributed by atoms with Gasteiger partial charge in [0.15, 0.2) is 5.78 Å². The molecule has 0 saturated carbocycles. The number of hydrogen-bond acceptors (Lipinski definition) is 1. The number of aromatic nitrogens is 1. The van der Waals surface area contributed by atoms with Crippen LogP contribution in [0.4, 0.5) is 0 Å². The molecular formula is C10H13NO. The molecule has 0 amide bonds. The Labute approximate surface area is 72.0 Å². The first-order chi connectivity index (χ1) is 5.70. The van der Waals surface area contributed by atoms with Crippen molar-refractivity contribution in [2.45, 2.75) is 33.1 Å². The number of aryl methyl sites for hydroxylation is 2. The lowest BCUT2D eigenvalue weighted by Gasteiger charge is -1.96. The highest BCUT2D eigenvalue weighted by Crippen LogP contribution is 2.27. The van der Waals surface area contributed by atoms with E-state index in [1.807, 2.05) is 6.92 Å². The van der Waals surface area contributed by atoms with Crippen LogP contribution in [-0.4, -0.2) is 10.8 Å². The van der Waals surface area contributed by atoms with Crippen molar-refractivity contribution in [1.29, 1.82) is 0 Å². The molecule has 2 nitrogen and oxygen atoms in total. The number of fused-ring (bicyclic) bond motifs is 1. The lowest BCUT2D eigenvalue weighted by atomic mass is 10.1. The van der Waals surface area contributed by atoms with Crippen LogP contribution in [0.25, 0.3) is 0 Å². The molecule has 1 aromatic rings. The van der Waals surface area contributed by atoms with Gasteiger partial charge in [0, 0.05) is 17.0 Å². The van der Waals surface area contributed by atoms with Gasteiger partial charge in [-0.1, -0.05) is 0 Å². The number of hydrogen-bond donors (Lipinski definition) is 1. The van der Waals surface area contributed by atoms with Gasteiger partial charge in [0.05, 0.1) is 0 Å². The van der Waals surface area contributed by atoms with Crippen molar-refractivity contribution >= 4 is 5.78 Å². The van der Waals surface area contributed by atoms with E-state index in [4.69, 9.17) is 0 Å². The molecular weight excluding hydrogens is 150 g/mol. The lowest BCUT2D eigenvalue weighted by Crippen LogP contribution is -1.96. The van der Waals surface area contributed by atoms with Gasteiger partial charge in [0.2, 0.25) is 0 Å². The zero-order valence-electron chi connectivity index (χ0n) is 7.53. The average Bonchev–Trinajstić information content (AvgIpc) is 2.44. The summed E-state index contributed by atoms with van der Waals surface area (Å²) in [4.78, 5) is 14.6. The number of carbonyl (C=O) groups is 1. The fraction of sp³-hybridized carbons (Fsp3) is 0.500. The van der Waals surface area contributed by atoms with Crippen LogP contribution in [0.15, 0.2) is 0 Å². The number of H-pyrrole nitrogens is 1. The normalized spacial score (nSPS) is 14.8. The Bertz CT molecular complexity index is 336. The second-order valence-corrected chi connectivity index (χ2v) is 3.49. The van der Waals surface area contributed by atoms with Crippen molar-refractivity contribution in [2.75, 3.05) is 0 Å². The number of carbonyl (C=O) groups excluding carboxylic acids is 1. The Morgan fingerprint density at radius 2 is 2.17 bits per heavy atom. The molecule has 0 aromatic carbocycles. The molecule has 12 heavy (non-hydrogen) atoms. The fourth-order valence-corrected chi connectivity index (χ4v) is 2.15. The Morgan fingerprint density at radius 1 is 1.42 bits per heavy atom. The molecule has 1 N–H and O–H groups in total. The van der Waals surface area contributed by atoms with Crippen molar-refractivity contribution in [3.05, 3.63) is 22.5 Å². The molecule has 0 atom stereocenters. The van der Waals surface area contributed by atoms with Crippen LogP contribution < -0.4 is 0 Å². The molecule has 0 saturated heterocycles. The Kier molecular flexibility index (Phi) is 1.56. The molecule has 2 heteroatoms. The first-order valence-corrected chi connectivity index (χ1v) is 4.41. The predicted molar refractivity (Wildman–Crippen MR) is 47.6 cm³/mol. The number of nitrogens with one attached hydrogen (secondary N) is 1. The van der Waals surface area contributed by atoms with Crippen LogP contribution in [0, 0.1) is 6.92 Å². The molecule has 2 rings (SSSR count). The van der Waals surface area contributed by atoms with Crippen LogP contribution in [0.2, 0.25) is 0 Å². The van der Waals surface area contributed by atoms with Gasteiger partial charge in [-0.25, -0.2) is 0 Å². The number of ketones is 1. The van der Waals surface area contributed by atoms with E-state index in [-0.39, 0.29) is 5.78 Å². The van der Waals surface area contributed by atoms with Crippen LogP contribution in [0.3, 0.4) is 0 Å². The van der Waals surface area contributed by atoms with Crippen molar-refractivity contribution in [3.8, 4) is 0 Å². The van der Waals surface area contributed by atoms with Gasteiger partial charge >= 0.3 is 0 Å². The minimum Gasteiger partial charge on any atom is -0.362 e. The van der Waals surface area contributed by atoms with E-state index in [9.17, 15) is 4.79 Å². The van der Waals surface area contributed by atoms with E-state index < -0.39 is 0 Å². The summed E-state index contributed by atoms with van der Waals surface area (Å²) in [6.07, 6.45) is 3.39. The van der Waals surface area contributed by atoms with E-state index in [0.29, 0.717) is 0 Å². The zero-order valence-corrected chi connectivity index (χ0v) is 7.53. The molecule has 0 radical (unpaired) electrons. The van der Waals surface area contributed by atoms with Gasteiger partial charge in [-0.3, -0.25) is 4.79 Å². The molecule has 0 unspecified atom stereocenters. The number of Topliss-reactive ketones (excluding diaryl/α,β-unsaturated/α-hetero) is 1. The highest BCUT2D eigenvalue weighted by molar-refractivity contribution is 5.97. The van der Waals surface area contributed by atoms with Crippen molar-refractivity contribution in [3.63, 3.8) is 0 Å². The van der Waals surface area contributed by atoms with E-state index >= 15 is 0 Å². The highest BCUT2D eigenvalue weighted by Gasteiger charge is 2.21. The van der Waals surface area contributed by atoms with Crippen LogP contribution in [-0.2, 0) is 12.8 Å². The Morgan fingerprint density at radius 3 is 2.83 bits per heavy atom. The van der Waals surface area contributed by atoms with Gasteiger partial charge in [-0.2, -0.15) is 0 Å². The summed E-state index contributed by atoms with van der Waals surface area (Å²) in [5.74, 6) is 0.201. The molecule has 1 aliphatic rings. The third-order valence-corrected chi connectivity index (χ3v) is 2.59. The van der Waals surface area contributed by atoms with Gasteiger partial charge in [0.25, 0.3) is 0 Å². The molecule has 0 spiro atoms. The highest BCUT2D eigenvalue weighted by atomic mass is 16.1. The molecule has 64 valence electrons. The summed E-state index contributed by atoms with van der Waals surface area (Å²) in [7, 11) is 0. The molecule has 1 aliphatic carbocycles. The average molecular weight is 163 g/mol. The SMILES string of the molecule is CC(=O)c1c(C)[nH]c2c1CCC2. The van der Waals surface area contributed by atoms with Crippen LogP contribution in [0.1, 0.15) is 40.7 Å². The fourth-order valence-electron chi connectivity index (χ4n) is 2.15. The predicted octanol–water partition coefficient (Wildman–Crippen LogP) is 2.01.